The standard InChI is InChI=1S/C30H35NO6S/c1-3-6-22-15-23(30-31-24(19-38-30)18-28(32)33)9-12-27(22)37-14-5-13-36-25-10-11-26-20(16-25)7-8-21(26)17-29(34)35-4-2/h9-12,15-16,19,21H,3-8,13-14,17-18H2,1-2H3,(H,32,33)/t21-/m0/s1. The van der Waals surface area contributed by atoms with E-state index in [4.69, 9.17) is 19.3 Å². The van der Waals surface area contributed by atoms with Gasteiger partial charge in [0.1, 0.15) is 16.5 Å². The Bertz CT molecular complexity index is 1250. The second-order valence-electron chi connectivity index (χ2n) is 9.44. The number of benzene rings is 2. The molecule has 1 aliphatic rings. The normalized spacial score (nSPS) is 14.2. The highest BCUT2D eigenvalue weighted by Crippen LogP contribution is 2.37. The Kier molecular flexibility index (Phi) is 9.76. The van der Waals surface area contributed by atoms with Crippen LogP contribution in [0.3, 0.4) is 0 Å². The summed E-state index contributed by atoms with van der Waals surface area (Å²) >= 11 is 1.46. The van der Waals surface area contributed by atoms with Gasteiger partial charge < -0.3 is 19.3 Å². The summed E-state index contributed by atoms with van der Waals surface area (Å²) in [6.07, 6.45) is 4.93. The number of nitrogens with zero attached hydrogens (tertiary/aromatic N) is 1. The molecule has 1 N–H and O–H groups in total. The number of ether oxygens (including phenoxy) is 3. The number of hydrogen-bond acceptors (Lipinski definition) is 7. The van der Waals surface area contributed by atoms with Gasteiger partial charge in [-0.15, -0.1) is 11.3 Å². The highest BCUT2D eigenvalue weighted by molar-refractivity contribution is 7.13. The number of fused-ring (bicyclic) bond motifs is 1. The van der Waals surface area contributed by atoms with Crippen molar-refractivity contribution < 1.29 is 28.9 Å². The lowest BCUT2D eigenvalue weighted by molar-refractivity contribution is -0.143. The molecule has 0 saturated heterocycles. The zero-order chi connectivity index (χ0) is 26.9. The van der Waals surface area contributed by atoms with Crippen LogP contribution in [-0.2, 0) is 33.6 Å². The van der Waals surface area contributed by atoms with Crippen molar-refractivity contribution in [3.05, 3.63) is 64.2 Å². The summed E-state index contributed by atoms with van der Waals surface area (Å²) in [4.78, 5) is 27.3. The van der Waals surface area contributed by atoms with Crippen LogP contribution in [0.1, 0.15) is 67.8 Å². The second kappa shape index (κ2) is 13.4. The molecule has 0 bridgehead atoms. The fraction of sp³-hybridized carbons (Fsp3) is 0.433. The van der Waals surface area contributed by atoms with Gasteiger partial charge in [-0.1, -0.05) is 19.4 Å². The molecule has 0 saturated carbocycles. The van der Waals surface area contributed by atoms with Gasteiger partial charge in [0.2, 0.25) is 0 Å². The number of aliphatic carboxylic acids is 1. The average Bonchev–Trinajstić information content (AvgIpc) is 3.51. The van der Waals surface area contributed by atoms with Gasteiger partial charge in [0.05, 0.1) is 38.4 Å². The molecule has 0 fully saturated rings. The van der Waals surface area contributed by atoms with Gasteiger partial charge in [0, 0.05) is 17.4 Å². The summed E-state index contributed by atoms with van der Waals surface area (Å²) in [6, 6.07) is 12.2. The van der Waals surface area contributed by atoms with Crippen molar-refractivity contribution in [3.8, 4) is 22.1 Å². The van der Waals surface area contributed by atoms with Gasteiger partial charge in [0.25, 0.3) is 0 Å². The number of carboxylic acid groups (broad SMARTS) is 1. The molecular formula is C30H35NO6S. The number of esters is 1. The lowest BCUT2D eigenvalue weighted by atomic mass is 9.98. The smallest absolute Gasteiger partial charge is 0.309 e. The van der Waals surface area contributed by atoms with Crippen LogP contribution in [0.4, 0.5) is 0 Å². The molecule has 4 rings (SSSR count). The van der Waals surface area contributed by atoms with Crippen molar-refractivity contribution in [3.63, 3.8) is 0 Å². The first-order valence-electron chi connectivity index (χ1n) is 13.3. The number of thiazole rings is 1. The molecule has 3 aromatic rings. The summed E-state index contributed by atoms with van der Waals surface area (Å²) < 4.78 is 17.2. The molecular weight excluding hydrogens is 502 g/mol. The number of carbonyl (C=O) groups excluding carboxylic acids is 1. The topological polar surface area (TPSA) is 95.0 Å². The number of hydrogen-bond donors (Lipinski definition) is 1. The zero-order valence-corrected chi connectivity index (χ0v) is 22.9. The van der Waals surface area contributed by atoms with Gasteiger partial charge in [0.15, 0.2) is 0 Å². The van der Waals surface area contributed by atoms with Crippen LogP contribution in [0.5, 0.6) is 11.5 Å². The van der Waals surface area contributed by atoms with Gasteiger partial charge in [-0.3, -0.25) is 9.59 Å². The van der Waals surface area contributed by atoms with E-state index in [1.54, 1.807) is 5.38 Å². The third-order valence-electron chi connectivity index (χ3n) is 6.56. The van der Waals surface area contributed by atoms with Crippen molar-refractivity contribution in [1.82, 2.24) is 4.98 Å². The first-order valence-corrected chi connectivity index (χ1v) is 14.2. The third kappa shape index (κ3) is 7.34. The predicted octanol–water partition coefficient (Wildman–Crippen LogP) is 6.22. The molecule has 202 valence electrons. The van der Waals surface area contributed by atoms with Crippen LogP contribution in [0, 0.1) is 0 Å². The Balaban J connectivity index is 1.27. The minimum absolute atomic E-state index is 0.0664. The number of aryl methyl sites for hydroxylation is 2. The fourth-order valence-electron chi connectivity index (χ4n) is 4.83. The van der Waals surface area contributed by atoms with Crippen molar-refractivity contribution in [2.45, 2.75) is 64.7 Å². The van der Waals surface area contributed by atoms with Crippen molar-refractivity contribution in [2.24, 2.45) is 0 Å². The lowest BCUT2D eigenvalue weighted by Crippen LogP contribution is -2.08. The Labute approximate surface area is 227 Å². The van der Waals surface area contributed by atoms with E-state index < -0.39 is 5.97 Å². The molecule has 0 aliphatic heterocycles. The molecule has 1 aromatic heterocycles. The summed E-state index contributed by atoms with van der Waals surface area (Å²) in [5, 5.41) is 11.6. The molecule has 7 nitrogen and oxygen atoms in total. The molecule has 1 atom stereocenters. The van der Waals surface area contributed by atoms with Crippen LogP contribution >= 0.6 is 11.3 Å². The van der Waals surface area contributed by atoms with Crippen LogP contribution in [-0.4, -0.2) is 41.8 Å². The Morgan fingerprint density at radius 1 is 1.11 bits per heavy atom. The molecule has 0 unspecified atom stereocenters. The summed E-state index contributed by atoms with van der Waals surface area (Å²) in [6.45, 7) is 5.49. The van der Waals surface area contributed by atoms with E-state index in [1.165, 1.54) is 22.5 Å². The highest BCUT2D eigenvalue weighted by atomic mass is 32.1. The van der Waals surface area contributed by atoms with E-state index in [9.17, 15) is 9.59 Å². The molecule has 1 heterocycles. The Hall–Kier alpha value is -3.39. The third-order valence-corrected chi connectivity index (χ3v) is 7.50. The maximum absolute atomic E-state index is 11.9. The van der Waals surface area contributed by atoms with Crippen molar-refractivity contribution >= 4 is 23.3 Å². The summed E-state index contributed by atoms with van der Waals surface area (Å²) in [5.41, 5.74) is 5.17. The van der Waals surface area contributed by atoms with E-state index in [0.717, 1.165) is 59.7 Å². The molecule has 8 heteroatoms. The summed E-state index contributed by atoms with van der Waals surface area (Å²) in [5.74, 6) is 0.940. The SMILES string of the molecule is CCCc1cc(-c2nc(CC(=O)O)cs2)ccc1OCCCOc1ccc2c(c1)CC[C@H]2CC(=O)OCC. The number of carbonyl (C=O) groups is 2. The number of rotatable bonds is 14. The molecule has 0 radical (unpaired) electrons. The quantitative estimate of drug-likeness (QED) is 0.193. The largest absolute Gasteiger partial charge is 0.493 e. The first-order chi connectivity index (χ1) is 18.5. The fourth-order valence-corrected chi connectivity index (χ4v) is 5.65. The summed E-state index contributed by atoms with van der Waals surface area (Å²) in [7, 11) is 0. The predicted molar refractivity (Wildman–Crippen MR) is 147 cm³/mol. The van der Waals surface area contributed by atoms with Gasteiger partial charge in [-0.25, -0.2) is 4.98 Å². The first kappa shape index (κ1) is 27.6. The second-order valence-corrected chi connectivity index (χ2v) is 10.3. The molecule has 0 amide bonds. The minimum atomic E-state index is -0.878. The van der Waals surface area contributed by atoms with Crippen LogP contribution in [0.15, 0.2) is 41.8 Å². The van der Waals surface area contributed by atoms with E-state index in [2.05, 4.69) is 30.1 Å². The molecule has 38 heavy (non-hydrogen) atoms. The van der Waals surface area contributed by atoms with Crippen molar-refractivity contribution in [1.29, 1.82) is 0 Å². The molecule has 1 aliphatic carbocycles. The van der Waals surface area contributed by atoms with Gasteiger partial charge in [-0.2, -0.15) is 0 Å². The maximum atomic E-state index is 11.9. The van der Waals surface area contributed by atoms with Crippen LogP contribution in [0.25, 0.3) is 10.6 Å². The number of carboxylic acids is 1. The maximum Gasteiger partial charge on any atom is 0.309 e. The van der Waals surface area contributed by atoms with Gasteiger partial charge >= 0.3 is 11.9 Å². The monoisotopic (exact) mass is 537 g/mol. The van der Waals surface area contributed by atoms with Crippen LogP contribution in [0.2, 0.25) is 0 Å². The number of aromatic nitrogens is 1. The minimum Gasteiger partial charge on any atom is -0.493 e. The van der Waals surface area contributed by atoms with Crippen LogP contribution < -0.4 is 9.47 Å². The van der Waals surface area contributed by atoms with E-state index in [-0.39, 0.29) is 18.3 Å². The van der Waals surface area contributed by atoms with E-state index in [0.29, 0.717) is 31.9 Å². The zero-order valence-electron chi connectivity index (χ0n) is 22.0. The highest BCUT2D eigenvalue weighted by Gasteiger charge is 2.25. The lowest BCUT2D eigenvalue weighted by Gasteiger charge is -2.14. The average molecular weight is 538 g/mol. The Morgan fingerprint density at radius 3 is 2.74 bits per heavy atom. The van der Waals surface area contributed by atoms with Crippen molar-refractivity contribution in [2.75, 3.05) is 19.8 Å². The Morgan fingerprint density at radius 2 is 1.95 bits per heavy atom. The molecule has 0 spiro atoms. The van der Waals surface area contributed by atoms with E-state index in [1.807, 2.05) is 25.1 Å². The molecule has 2 aromatic carbocycles. The van der Waals surface area contributed by atoms with E-state index >= 15 is 0 Å². The van der Waals surface area contributed by atoms with Gasteiger partial charge in [-0.05, 0) is 79.1 Å².